The Morgan fingerprint density at radius 3 is 2.11 bits per heavy atom. The molecule has 0 fully saturated rings. The lowest BCUT2D eigenvalue weighted by atomic mass is 10.4. The molecule has 1 aromatic carbocycles. The Bertz CT molecular complexity index is 424. The topological polar surface area (TPSA) is 44.8 Å². The van der Waals surface area contributed by atoms with Crippen LogP contribution < -0.4 is 5.19 Å². The largest absolute Gasteiger partial charge is 0.604 e. The summed E-state index contributed by atoms with van der Waals surface area (Å²) in [5.74, 6) is -0.489. The summed E-state index contributed by atoms with van der Waals surface area (Å²) in [7, 11) is -3.21. The normalized spacial score (nSPS) is 11.1. The van der Waals surface area contributed by atoms with Crippen molar-refractivity contribution in [1.82, 2.24) is 0 Å². The molecule has 1 rings (SSSR count). The summed E-state index contributed by atoms with van der Waals surface area (Å²) in [6, 6.07) is 9.32. The number of rotatable bonds is 7. The fourth-order valence-electron chi connectivity index (χ4n) is 1.56. The van der Waals surface area contributed by atoms with Crippen LogP contribution in [0.25, 0.3) is 0 Å². The molecule has 104 valence electrons. The SMILES string of the molecule is C=C(C)C(=O)O[Si](OCC)(OCC)c1ccccc1. The first-order valence-corrected chi connectivity index (χ1v) is 8.00. The lowest BCUT2D eigenvalue weighted by Gasteiger charge is -2.28. The van der Waals surface area contributed by atoms with Crippen LogP contribution in [0.1, 0.15) is 20.8 Å². The van der Waals surface area contributed by atoms with Crippen LogP contribution in [-0.2, 0) is 18.1 Å². The summed E-state index contributed by atoms with van der Waals surface area (Å²) in [6.07, 6.45) is 0. The fourth-order valence-corrected chi connectivity index (χ4v) is 3.99. The molecule has 0 atom stereocenters. The van der Waals surface area contributed by atoms with E-state index in [1.165, 1.54) is 0 Å². The third kappa shape index (κ3) is 4.02. The van der Waals surface area contributed by atoms with Gasteiger partial charge in [-0.1, -0.05) is 36.9 Å². The van der Waals surface area contributed by atoms with E-state index >= 15 is 0 Å². The Morgan fingerprint density at radius 2 is 1.68 bits per heavy atom. The number of benzene rings is 1. The van der Waals surface area contributed by atoms with Gasteiger partial charge in [-0.25, -0.2) is 4.79 Å². The Labute approximate surface area is 115 Å². The molecule has 0 spiro atoms. The standard InChI is InChI=1S/C14H20O4Si/c1-5-16-19(17-6-2,18-14(15)12(3)4)13-10-8-7-9-11-13/h7-11H,3,5-6H2,1-2,4H3. The summed E-state index contributed by atoms with van der Waals surface area (Å²) in [6.45, 7) is 9.70. The minimum atomic E-state index is -3.21. The summed E-state index contributed by atoms with van der Waals surface area (Å²) < 4.78 is 16.9. The molecule has 4 nitrogen and oxygen atoms in total. The first-order chi connectivity index (χ1) is 9.05. The van der Waals surface area contributed by atoms with Crippen molar-refractivity contribution in [3.05, 3.63) is 42.5 Å². The van der Waals surface area contributed by atoms with E-state index in [4.69, 9.17) is 13.3 Å². The maximum absolute atomic E-state index is 11.8. The third-order valence-corrected chi connectivity index (χ3v) is 5.20. The van der Waals surface area contributed by atoms with Gasteiger partial charge in [0, 0.05) is 24.0 Å². The minimum Gasteiger partial charge on any atom is -0.467 e. The zero-order valence-corrected chi connectivity index (χ0v) is 12.6. The minimum absolute atomic E-state index is 0.326. The smallest absolute Gasteiger partial charge is 0.467 e. The van der Waals surface area contributed by atoms with Gasteiger partial charge in [-0.2, -0.15) is 0 Å². The van der Waals surface area contributed by atoms with Crippen LogP contribution in [0.5, 0.6) is 0 Å². The van der Waals surface area contributed by atoms with Gasteiger partial charge in [0.15, 0.2) is 0 Å². The highest BCUT2D eigenvalue weighted by Gasteiger charge is 2.47. The van der Waals surface area contributed by atoms with Gasteiger partial charge in [-0.3, -0.25) is 0 Å². The lowest BCUT2D eigenvalue weighted by molar-refractivity contribution is -0.134. The molecule has 0 saturated heterocycles. The Balaban J connectivity index is 3.13. The first kappa shape index (κ1) is 15.6. The van der Waals surface area contributed by atoms with Crippen LogP contribution >= 0.6 is 0 Å². The first-order valence-electron chi connectivity index (χ1n) is 6.28. The average molecular weight is 280 g/mol. The average Bonchev–Trinajstić information content (AvgIpc) is 2.40. The van der Waals surface area contributed by atoms with Gasteiger partial charge in [-0.15, -0.1) is 0 Å². The summed E-state index contributed by atoms with van der Waals surface area (Å²) in [5.41, 5.74) is 0.326. The number of hydrogen-bond acceptors (Lipinski definition) is 4. The maximum Gasteiger partial charge on any atom is 0.604 e. The van der Waals surface area contributed by atoms with Gasteiger partial charge in [0.1, 0.15) is 0 Å². The number of carbonyl (C=O) groups excluding carboxylic acids is 1. The molecule has 0 aliphatic rings. The Kier molecular flexibility index (Phi) is 5.94. The molecular weight excluding hydrogens is 260 g/mol. The van der Waals surface area contributed by atoms with Gasteiger partial charge in [0.05, 0.1) is 0 Å². The molecule has 0 N–H and O–H groups in total. The van der Waals surface area contributed by atoms with Gasteiger partial charge in [-0.05, 0) is 20.8 Å². The monoisotopic (exact) mass is 280 g/mol. The van der Waals surface area contributed by atoms with Crippen LogP contribution in [0.4, 0.5) is 0 Å². The van der Waals surface area contributed by atoms with E-state index in [1.807, 2.05) is 44.2 Å². The Morgan fingerprint density at radius 1 is 1.16 bits per heavy atom. The highest BCUT2D eigenvalue weighted by atomic mass is 28.4. The molecule has 0 unspecified atom stereocenters. The molecular formula is C14H20O4Si. The predicted molar refractivity (Wildman–Crippen MR) is 76.0 cm³/mol. The molecule has 0 saturated carbocycles. The number of carbonyl (C=O) groups is 1. The molecule has 0 aliphatic carbocycles. The van der Waals surface area contributed by atoms with Crippen LogP contribution in [0.2, 0.25) is 0 Å². The van der Waals surface area contributed by atoms with Gasteiger partial charge < -0.3 is 13.3 Å². The van der Waals surface area contributed by atoms with Crippen LogP contribution in [0, 0.1) is 0 Å². The van der Waals surface area contributed by atoms with E-state index in [1.54, 1.807) is 6.92 Å². The molecule has 1 aromatic rings. The second-order valence-electron chi connectivity index (χ2n) is 3.96. The number of hydrogen-bond donors (Lipinski definition) is 0. The van der Waals surface area contributed by atoms with Crippen LogP contribution in [-0.4, -0.2) is 28.0 Å². The molecule has 0 radical (unpaired) electrons. The molecule has 0 heterocycles. The quantitative estimate of drug-likeness (QED) is 0.566. The van der Waals surface area contributed by atoms with Crippen molar-refractivity contribution in [2.75, 3.05) is 13.2 Å². The highest BCUT2D eigenvalue weighted by molar-refractivity contribution is 6.76. The summed E-state index contributed by atoms with van der Waals surface area (Å²) in [5, 5.41) is 0.772. The van der Waals surface area contributed by atoms with E-state index in [0.717, 1.165) is 5.19 Å². The summed E-state index contributed by atoms with van der Waals surface area (Å²) in [4.78, 5) is 11.8. The van der Waals surface area contributed by atoms with E-state index in [9.17, 15) is 4.79 Å². The predicted octanol–water partition coefficient (Wildman–Crippen LogP) is 2.02. The van der Waals surface area contributed by atoms with Crippen molar-refractivity contribution >= 4 is 20.0 Å². The molecule has 5 heteroatoms. The van der Waals surface area contributed by atoms with Crippen molar-refractivity contribution in [3.8, 4) is 0 Å². The molecule has 0 aromatic heterocycles. The Hall–Kier alpha value is -1.43. The summed E-state index contributed by atoms with van der Waals surface area (Å²) >= 11 is 0. The van der Waals surface area contributed by atoms with Gasteiger partial charge >= 0.3 is 14.8 Å². The van der Waals surface area contributed by atoms with Crippen LogP contribution in [0.3, 0.4) is 0 Å². The van der Waals surface area contributed by atoms with E-state index in [-0.39, 0.29) is 0 Å². The van der Waals surface area contributed by atoms with Crippen LogP contribution in [0.15, 0.2) is 42.5 Å². The third-order valence-electron chi connectivity index (χ3n) is 2.37. The van der Waals surface area contributed by atoms with E-state index < -0.39 is 14.8 Å². The van der Waals surface area contributed by atoms with E-state index in [0.29, 0.717) is 18.8 Å². The second-order valence-corrected chi connectivity index (χ2v) is 6.43. The molecule has 0 bridgehead atoms. The lowest BCUT2D eigenvalue weighted by Crippen LogP contribution is -2.58. The second kappa shape index (κ2) is 7.23. The fraction of sp³-hybridized carbons (Fsp3) is 0.357. The van der Waals surface area contributed by atoms with Crippen molar-refractivity contribution in [2.24, 2.45) is 0 Å². The van der Waals surface area contributed by atoms with Crippen molar-refractivity contribution in [2.45, 2.75) is 20.8 Å². The van der Waals surface area contributed by atoms with E-state index in [2.05, 4.69) is 6.58 Å². The van der Waals surface area contributed by atoms with Gasteiger partial charge in [0.2, 0.25) is 0 Å². The maximum atomic E-state index is 11.8. The van der Waals surface area contributed by atoms with Crippen molar-refractivity contribution in [3.63, 3.8) is 0 Å². The van der Waals surface area contributed by atoms with Crippen molar-refractivity contribution < 1.29 is 18.1 Å². The zero-order chi connectivity index (χ0) is 14.3. The molecule has 0 amide bonds. The highest BCUT2D eigenvalue weighted by Crippen LogP contribution is 2.13. The van der Waals surface area contributed by atoms with Crippen molar-refractivity contribution in [1.29, 1.82) is 0 Å². The van der Waals surface area contributed by atoms with Gasteiger partial charge in [0.25, 0.3) is 0 Å². The zero-order valence-electron chi connectivity index (χ0n) is 11.6. The molecule has 0 aliphatic heterocycles. The molecule has 19 heavy (non-hydrogen) atoms.